The van der Waals surface area contributed by atoms with Gasteiger partial charge in [-0.25, -0.2) is 4.99 Å². The number of amidine groups is 1. The van der Waals surface area contributed by atoms with Gasteiger partial charge in [-0.05, 0) is 19.3 Å². The van der Waals surface area contributed by atoms with Crippen LogP contribution in [0.4, 0.5) is 0 Å². The molecule has 0 saturated heterocycles. The largest absolute Gasteiger partial charge is 1.00 e. The fourth-order valence-electron chi connectivity index (χ4n) is 2.64. The number of aliphatic imine (C=N–C) groups is 1. The maximum absolute atomic E-state index is 12.2. The minimum absolute atomic E-state index is 0. The van der Waals surface area contributed by atoms with Crippen molar-refractivity contribution in [2.24, 2.45) is 10.9 Å². The molecule has 1 aliphatic heterocycles. The van der Waals surface area contributed by atoms with Crippen molar-refractivity contribution in [3.8, 4) is 0 Å². The van der Waals surface area contributed by atoms with Crippen molar-refractivity contribution in [3.05, 3.63) is 12.7 Å². The molecule has 1 aliphatic carbocycles. The van der Waals surface area contributed by atoms with E-state index in [2.05, 4.69) is 11.6 Å². The Morgan fingerprint density at radius 1 is 1.32 bits per heavy atom. The maximum Gasteiger partial charge on any atom is 1.00 e. The van der Waals surface area contributed by atoms with Crippen LogP contribution in [0.2, 0.25) is 0 Å². The Hall–Kier alpha value is -0.650. The van der Waals surface area contributed by atoms with Crippen LogP contribution in [0.25, 0.3) is 0 Å². The van der Waals surface area contributed by atoms with Gasteiger partial charge < -0.3 is 10.0 Å². The third-order valence-electron chi connectivity index (χ3n) is 3.59. The summed E-state index contributed by atoms with van der Waals surface area (Å²) in [7, 11) is 0. The molecule has 98 valence electrons. The number of carbonyl (C=O) groups is 2. The van der Waals surface area contributed by atoms with Crippen molar-refractivity contribution in [2.45, 2.75) is 44.6 Å². The molecule has 6 heteroatoms. The standard InChI is InChI=1S/C13H18N2O3.Na/c1-2-6-10-11(16)14-13(18)15(12(10)17)9-7-4-3-5-8-9;/h2,9-10H,1,3-8H2,(H,14,16,18);/q;+1/p-1. The monoisotopic (exact) mass is 272 g/mol. The summed E-state index contributed by atoms with van der Waals surface area (Å²) < 4.78 is 0. The van der Waals surface area contributed by atoms with Gasteiger partial charge in [-0.1, -0.05) is 25.3 Å². The number of rotatable bonds is 3. The number of amides is 2. The second-order valence-electron chi connectivity index (χ2n) is 4.81. The first-order valence-electron chi connectivity index (χ1n) is 6.38. The molecule has 2 rings (SSSR count). The van der Waals surface area contributed by atoms with Crippen LogP contribution in [-0.2, 0) is 9.59 Å². The van der Waals surface area contributed by atoms with Crippen molar-refractivity contribution in [1.29, 1.82) is 0 Å². The van der Waals surface area contributed by atoms with Crippen LogP contribution in [0, 0.1) is 5.92 Å². The second kappa shape index (κ2) is 7.22. The summed E-state index contributed by atoms with van der Waals surface area (Å²) in [5, 5.41) is 11.8. The molecule has 1 fully saturated rings. The summed E-state index contributed by atoms with van der Waals surface area (Å²) in [6.07, 6.45) is 6.58. The Morgan fingerprint density at radius 2 is 1.95 bits per heavy atom. The number of carbonyl (C=O) groups excluding carboxylic acids is 2. The Balaban J connectivity index is 0.00000180. The van der Waals surface area contributed by atoms with Gasteiger partial charge in [-0.3, -0.25) is 9.59 Å². The van der Waals surface area contributed by atoms with Gasteiger partial charge in [0.25, 0.3) is 5.91 Å². The van der Waals surface area contributed by atoms with Gasteiger partial charge >= 0.3 is 29.6 Å². The summed E-state index contributed by atoms with van der Waals surface area (Å²) in [6.45, 7) is 3.53. The predicted molar refractivity (Wildman–Crippen MR) is 64.5 cm³/mol. The quantitative estimate of drug-likeness (QED) is 0.327. The molecular formula is C13H17N2NaO3. The molecule has 2 aliphatic rings. The predicted octanol–water partition coefficient (Wildman–Crippen LogP) is -2.40. The first kappa shape index (κ1) is 16.4. The van der Waals surface area contributed by atoms with Crippen molar-refractivity contribution in [2.75, 3.05) is 0 Å². The van der Waals surface area contributed by atoms with Gasteiger partial charge in [0, 0.05) is 6.04 Å². The zero-order valence-corrected chi connectivity index (χ0v) is 13.3. The first-order chi connectivity index (χ1) is 8.65. The van der Waals surface area contributed by atoms with Gasteiger partial charge in [0.05, 0.1) is 6.02 Å². The van der Waals surface area contributed by atoms with E-state index in [-0.39, 0.29) is 42.0 Å². The van der Waals surface area contributed by atoms with Gasteiger partial charge in [0.15, 0.2) is 0 Å². The molecule has 0 aromatic carbocycles. The summed E-state index contributed by atoms with van der Waals surface area (Å²) in [6, 6.07) is -0.764. The topological polar surface area (TPSA) is 72.8 Å². The Labute approximate surface area is 135 Å². The van der Waals surface area contributed by atoms with E-state index in [0.717, 1.165) is 32.1 Å². The molecule has 0 aromatic rings. The molecular weight excluding hydrogens is 255 g/mol. The zero-order valence-electron chi connectivity index (χ0n) is 11.3. The van der Waals surface area contributed by atoms with Crippen LogP contribution in [0.5, 0.6) is 0 Å². The van der Waals surface area contributed by atoms with Crippen LogP contribution in [0.3, 0.4) is 0 Å². The second-order valence-corrected chi connectivity index (χ2v) is 4.81. The maximum atomic E-state index is 12.2. The minimum atomic E-state index is -0.845. The molecule has 5 nitrogen and oxygen atoms in total. The SMILES string of the molecule is C=CCC1C(=O)N=C([O-])N(C2CCCCC2)C1=O.[Na+]. The molecule has 0 radical (unpaired) electrons. The van der Waals surface area contributed by atoms with E-state index in [4.69, 9.17) is 0 Å². The number of hydrogen-bond donors (Lipinski definition) is 0. The van der Waals surface area contributed by atoms with Gasteiger partial charge in [-0.15, -0.1) is 6.58 Å². The molecule has 1 atom stereocenters. The van der Waals surface area contributed by atoms with E-state index in [1.54, 1.807) is 0 Å². The average Bonchev–Trinajstić information content (AvgIpc) is 2.35. The Kier molecular flexibility index (Phi) is 6.23. The molecule has 0 N–H and O–H groups in total. The fraction of sp³-hybridized carbons (Fsp3) is 0.615. The van der Waals surface area contributed by atoms with E-state index in [9.17, 15) is 14.7 Å². The molecule has 2 amide bonds. The van der Waals surface area contributed by atoms with E-state index in [1.165, 1.54) is 11.0 Å². The van der Waals surface area contributed by atoms with Gasteiger partial charge in [0.1, 0.15) is 5.92 Å². The third-order valence-corrected chi connectivity index (χ3v) is 3.59. The summed E-state index contributed by atoms with van der Waals surface area (Å²) in [5.74, 6) is -1.87. The molecule has 1 unspecified atom stereocenters. The number of hydrogen-bond acceptors (Lipinski definition) is 3. The smallest absolute Gasteiger partial charge is 0.846 e. The van der Waals surface area contributed by atoms with Gasteiger partial charge in [0.2, 0.25) is 5.91 Å². The van der Waals surface area contributed by atoms with Crippen LogP contribution >= 0.6 is 0 Å². The van der Waals surface area contributed by atoms with Crippen LogP contribution in [-0.4, -0.2) is 28.8 Å². The van der Waals surface area contributed by atoms with Gasteiger partial charge in [-0.2, -0.15) is 0 Å². The fourth-order valence-corrected chi connectivity index (χ4v) is 2.64. The number of nitrogens with zero attached hydrogens (tertiary/aromatic N) is 2. The van der Waals surface area contributed by atoms with Crippen LogP contribution < -0.4 is 34.7 Å². The molecule has 0 aromatic heterocycles. The molecule has 1 heterocycles. The first-order valence-corrected chi connectivity index (χ1v) is 6.38. The minimum Gasteiger partial charge on any atom is -0.846 e. The van der Waals surface area contributed by atoms with E-state index in [1.807, 2.05) is 0 Å². The molecule has 0 spiro atoms. The normalized spacial score (nSPS) is 24.7. The molecule has 0 bridgehead atoms. The number of allylic oxidation sites excluding steroid dienone is 1. The Morgan fingerprint density at radius 3 is 2.53 bits per heavy atom. The van der Waals surface area contributed by atoms with Crippen LogP contribution in [0.15, 0.2) is 17.6 Å². The van der Waals surface area contributed by atoms with E-state index < -0.39 is 23.8 Å². The van der Waals surface area contributed by atoms with E-state index in [0.29, 0.717) is 0 Å². The molecule has 19 heavy (non-hydrogen) atoms. The molecule has 1 saturated carbocycles. The average molecular weight is 272 g/mol. The van der Waals surface area contributed by atoms with E-state index >= 15 is 0 Å². The summed E-state index contributed by atoms with van der Waals surface area (Å²) in [4.78, 5) is 28.4. The zero-order chi connectivity index (χ0) is 13.1. The van der Waals surface area contributed by atoms with Crippen molar-refractivity contribution in [1.82, 2.24) is 4.90 Å². The third kappa shape index (κ3) is 3.46. The summed E-state index contributed by atoms with van der Waals surface area (Å²) >= 11 is 0. The summed E-state index contributed by atoms with van der Waals surface area (Å²) in [5.41, 5.74) is 0. The van der Waals surface area contributed by atoms with Crippen molar-refractivity contribution >= 4 is 17.8 Å². The Bertz CT molecular complexity index is 403. The van der Waals surface area contributed by atoms with Crippen LogP contribution in [0.1, 0.15) is 38.5 Å². The van der Waals surface area contributed by atoms with Crippen molar-refractivity contribution in [3.63, 3.8) is 0 Å². The van der Waals surface area contributed by atoms with Crippen molar-refractivity contribution < 1.29 is 44.3 Å².